The predicted molar refractivity (Wildman–Crippen MR) is 50.0 cm³/mol. The van der Waals surface area contributed by atoms with E-state index in [0.717, 1.165) is 10.7 Å². The molecule has 1 unspecified atom stereocenters. The molecule has 0 aliphatic heterocycles. The summed E-state index contributed by atoms with van der Waals surface area (Å²) in [6.45, 7) is 1.94. The normalized spacial score (nSPS) is 12.4. The van der Waals surface area contributed by atoms with Gasteiger partial charge in [0.2, 0.25) is 0 Å². The molecule has 1 N–H and O–H groups in total. The Morgan fingerprint density at radius 3 is 3.08 bits per heavy atom. The van der Waals surface area contributed by atoms with Gasteiger partial charge >= 0.3 is 0 Å². The van der Waals surface area contributed by atoms with Crippen molar-refractivity contribution >= 4 is 11.3 Å². The van der Waals surface area contributed by atoms with Crippen molar-refractivity contribution < 1.29 is 5.11 Å². The van der Waals surface area contributed by atoms with Gasteiger partial charge in [-0.1, -0.05) is 0 Å². The molecule has 0 aliphatic rings. The molecule has 0 saturated carbocycles. The van der Waals surface area contributed by atoms with Crippen molar-refractivity contribution in [3.8, 4) is 12.3 Å². The first-order valence-electron chi connectivity index (χ1n) is 3.75. The third kappa shape index (κ3) is 2.65. The van der Waals surface area contributed by atoms with Gasteiger partial charge < -0.3 is 5.11 Å². The van der Waals surface area contributed by atoms with Gasteiger partial charge in [0.1, 0.15) is 0 Å². The van der Waals surface area contributed by atoms with Crippen molar-refractivity contribution in [1.82, 2.24) is 4.98 Å². The molecule has 0 aromatic carbocycles. The highest BCUT2D eigenvalue weighted by Crippen LogP contribution is 2.11. The van der Waals surface area contributed by atoms with Crippen LogP contribution in [-0.2, 0) is 6.42 Å². The number of nitrogens with zero attached hydrogens (tertiary/aromatic N) is 1. The van der Waals surface area contributed by atoms with Crippen molar-refractivity contribution in [1.29, 1.82) is 0 Å². The van der Waals surface area contributed by atoms with Crippen molar-refractivity contribution in [3.63, 3.8) is 0 Å². The summed E-state index contributed by atoms with van der Waals surface area (Å²) < 4.78 is 0. The third-order valence-corrected chi connectivity index (χ3v) is 2.42. The van der Waals surface area contributed by atoms with Gasteiger partial charge in [0.15, 0.2) is 0 Å². The second kappa shape index (κ2) is 4.24. The minimum atomic E-state index is -0.444. The molecule has 0 bridgehead atoms. The Morgan fingerprint density at radius 1 is 1.83 bits per heavy atom. The van der Waals surface area contributed by atoms with Crippen LogP contribution in [0.5, 0.6) is 0 Å². The Kier molecular flexibility index (Phi) is 3.27. The molecule has 1 atom stereocenters. The van der Waals surface area contributed by atoms with Crippen molar-refractivity contribution in [3.05, 3.63) is 16.1 Å². The van der Waals surface area contributed by atoms with Crippen LogP contribution in [0.4, 0.5) is 0 Å². The van der Waals surface area contributed by atoms with E-state index in [9.17, 15) is 5.11 Å². The highest BCUT2D eigenvalue weighted by Gasteiger charge is 2.06. The summed E-state index contributed by atoms with van der Waals surface area (Å²) in [6.07, 6.45) is 5.59. The van der Waals surface area contributed by atoms with Gasteiger partial charge in [-0.3, -0.25) is 0 Å². The average Bonchev–Trinajstić information content (AvgIpc) is 2.36. The summed E-state index contributed by atoms with van der Waals surface area (Å²) in [4.78, 5) is 4.22. The molecule has 1 aromatic rings. The second-order valence-electron chi connectivity index (χ2n) is 2.65. The van der Waals surface area contributed by atoms with Gasteiger partial charge in [-0.15, -0.1) is 23.7 Å². The zero-order chi connectivity index (χ0) is 8.97. The summed E-state index contributed by atoms with van der Waals surface area (Å²) in [5, 5.41) is 12.3. The van der Waals surface area contributed by atoms with Crippen LogP contribution in [0.15, 0.2) is 5.38 Å². The second-order valence-corrected chi connectivity index (χ2v) is 3.59. The van der Waals surface area contributed by atoms with Crippen LogP contribution < -0.4 is 0 Å². The van der Waals surface area contributed by atoms with Crippen LogP contribution in [0.25, 0.3) is 0 Å². The van der Waals surface area contributed by atoms with E-state index in [1.165, 1.54) is 0 Å². The van der Waals surface area contributed by atoms with Crippen LogP contribution in [-0.4, -0.2) is 16.2 Å². The van der Waals surface area contributed by atoms with Crippen LogP contribution in [0.1, 0.15) is 17.1 Å². The largest absolute Gasteiger partial charge is 0.392 e. The Balaban J connectivity index is 2.47. The Bertz CT molecular complexity index is 287. The maximum Gasteiger partial charge on any atom is 0.0954 e. The maximum absolute atomic E-state index is 9.34. The molecular weight excluding hydrogens is 170 g/mol. The van der Waals surface area contributed by atoms with E-state index in [0.29, 0.717) is 12.8 Å². The summed E-state index contributed by atoms with van der Waals surface area (Å²) in [5.74, 6) is 2.42. The number of thiazole rings is 1. The van der Waals surface area contributed by atoms with E-state index in [2.05, 4.69) is 10.9 Å². The summed E-state index contributed by atoms with van der Waals surface area (Å²) >= 11 is 1.56. The number of aliphatic hydroxyl groups is 1. The van der Waals surface area contributed by atoms with Crippen LogP contribution >= 0.6 is 11.3 Å². The number of terminal acetylenes is 1. The lowest BCUT2D eigenvalue weighted by Crippen LogP contribution is -2.08. The fraction of sp³-hybridized carbons (Fsp3) is 0.444. The highest BCUT2D eigenvalue weighted by molar-refractivity contribution is 7.09. The van der Waals surface area contributed by atoms with E-state index < -0.39 is 6.10 Å². The molecule has 0 saturated heterocycles. The van der Waals surface area contributed by atoms with E-state index in [1.54, 1.807) is 11.3 Å². The molecule has 2 nitrogen and oxygen atoms in total. The summed E-state index contributed by atoms with van der Waals surface area (Å²) in [7, 11) is 0. The van der Waals surface area contributed by atoms with Crippen LogP contribution in [0.3, 0.4) is 0 Å². The summed E-state index contributed by atoms with van der Waals surface area (Å²) in [6, 6.07) is 0. The summed E-state index contributed by atoms with van der Waals surface area (Å²) in [5.41, 5.74) is 1.00. The molecule has 0 amide bonds. The fourth-order valence-electron chi connectivity index (χ4n) is 0.906. The molecule has 1 heterocycles. The van der Waals surface area contributed by atoms with Crippen molar-refractivity contribution in [2.45, 2.75) is 25.9 Å². The number of aliphatic hydroxyl groups excluding tert-OH is 1. The van der Waals surface area contributed by atoms with E-state index >= 15 is 0 Å². The maximum atomic E-state index is 9.34. The Morgan fingerprint density at radius 2 is 2.58 bits per heavy atom. The molecule has 0 radical (unpaired) electrons. The first kappa shape index (κ1) is 9.24. The molecule has 1 aromatic heterocycles. The fourth-order valence-corrected chi connectivity index (χ4v) is 1.75. The molecular formula is C9H11NOS. The molecule has 0 fully saturated rings. The smallest absolute Gasteiger partial charge is 0.0954 e. The number of aryl methyl sites for hydroxylation is 1. The molecule has 3 heteroatoms. The first-order valence-corrected chi connectivity index (χ1v) is 4.63. The van der Waals surface area contributed by atoms with Gasteiger partial charge in [0, 0.05) is 23.9 Å². The van der Waals surface area contributed by atoms with Gasteiger partial charge in [0.05, 0.1) is 11.1 Å². The predicted octanol–water partition coefficient (Wildman–Crippen LogP) is 1.38. The molecule has 0 spiro atoms. The number of rotatable bonds is 3. The number of aromatic nitrogens is 1. The zero-order valence-corrected chi connectivity index (χ0v) is 7.77. The van der Waals surface area contributed by atoms with Gasteiger partial charge in [-0.25, -0.2) is 4.98 Å². The van der Waals surface area contributed by atoms with Gasteiger partial charge in [-0.05, 0) is 6.92 Å². The quantitative estimate of drug-likeness (QED) is 0.715. The Labute approximate surface area is 76.3 Å². The lowest BCUT2D eigenvalue weighted by molar-refractivity contribution is 0.180. The molecule has 1 rings (SSSR count). The molecule has 12 heavy (non-hydrogen) atoms. The monoisotopic (exact) mass is 181 g/mol. The van der Waals surface area contributed by atoms with Crippen LogP contribution in [0.2, 0.25) is 0 Å². The van der Waals surface area contributed by atoms with Gasteiger partial charge in [-0.2, -0.15) is 0 Å². The zero-order valence-electron chi connectivity index (χ0n) is 6.95. The van der Waals surface area contributed by atoms with Crippen LogP contribution in [0, 0.1) is 19.3 Å². The van der Waals surface area contributed by atoms with E-state index in [1.807, 2.05) is 12.3 Å². The standard InChI is InChI=1S/C9H11NOS/c1-3-4-8(11)5-9-10-7(2)6-12-9/h1,6,8,11H,4-5H2,2H3. The van der Waals surface area contributed by atoms with E-state index in [-0.39, 0.29) is 0 Å². The first-order chi connectivity index (χ1) is 5.72. The Hall–Kier alpha value is -0.850. The number of hydrogen-bond donors (Lipinski definition) is 1. The third-order valence-electron chi connectivity index (χ3n) is 1.43. The number of hydrogen-bond acceptors (Lipinski definition) is 3. The van der Waals surface area contributed by atoms with E-state index in [4.69, 9.17) is 6.42 Å². The minimum absolute atomic E-state index is 0.401. The topological polar surface area (TPSA) is 33.1 Å². The van der Waals surface area contributed by atoms with Crippen molar-refractivity contribution in [2.75, 3.05) is 0 Å². The average molecular weight is 181 g/mol. The molecule has 64 valence electrons. The minimum Gasteiger partial charge on any atom is -0.392 e. The molecule has 0 aliphatic carbocycles. The lowest BCUT2D eigenvalue weighted by atomic mass is 10.2. The van der Waals surface area contributed by atoms with Crippen molar-refractivity contribution in [2.24, 2.45) is 0 Å². The van der Waals surface area contributed by atoms with Gasteiger partial charge in [0.25, 0.3) is 0 Å². The SMILES string of the molecule is C#CCC(O)Cc1nc(C)cs1. The lowest BCUT2D eigenvalue weighted by Gasteiger charge is -2.02. The highest BCUT2D eigenvalue weighted by atomic mass is 32.1.